The Labute approximate surface area is 180 Å². The molecule has 0 saturated heterocycles. The van der Waals surface area contributed by atoms with Crippen molar-refractivity contribution in [2.45, 2.75) is 97.4 Å². The van der Waals surface area contributed by atoms with Gasteiger partial charge in [0.1, 0.15) is 11.6 Å². The minimum absolute atomic E-state index is 0.0450. The third kappa shape index (κ3) is 5.11. The molecule has 5 heteroatoms. The van der Waals surface area contributed by atoms with Crippen molar-refractivity contribution < 1.29 is 4.79 Å². The largest absolute Gasteiger partial charge is 0.326 e. The van der Waals surface area contributed by atoms with Gasteiger partial charge in [-0.15, -0.1) is 10.2 Å². The summed E-state index contributed by atoms with van der Waals surface area (Å²) in [4.78, 5) is 12.5. The predicted molar refractivity (Wildman–Crippen MR) is 121 cm³/mol. The molecule has 0 bridgehead atoms. The van der Waals surface area contributed by atoms with E-state index in [4.69, 9.17) is 0 Å². The van der Waals surface area contributed by atoms with Crippen LogP contribution in [0.15, 0.2) is 18.2 Å². The van der Waals surface area contributed by atoms with Crippen LogP contribution in [0, 0.1) is 19.3 Å². The molecule has 1 N–H and O–H groups in total. The number of aromatic nitrogens is 3. The van der Waals surface area contributed by atoms with E-state index in [1.54, 1.807) is 0 Å². The SMILES string of the molecule is Cc1ccc(NC(=O)CCc2nnc(CCC3(C)CCCCC3)n2C2CC2)c(C)c1. The Kier molecular flexibility index (Phi) is 6.26. The van der Waals surface area contributed by atoms with Crippen LogP contribution in [0.1, 0.15) is 93.5 Å². The summed E-state index contributed by atoms with van der Waals surface area (Å²) in [6.45, 7) is 6.54. The van der Waals surface area contributed by atoms with Gasteiger partial charge in [-0.1, -0.05) is 43.9 Å². The van der Waals surface area contributed by atoms with Gasteiger partial charge in [0.25, 0.3) is 0 Å². The molecule has 0 aliphatic heterocycles. The molecule has 2 aromatic rings. The lowest BCUT2D eigenvalue weighted by atomic mass is 9.73. The second-order valence-corrected chi connectivity index (χ2v) is 9.87. The summed E-state index contributed by atoms with van der Waals surface area (Å²) in [7, 11) is 0. The van der Waals surface area contributed by atoms with E-state index in [1.165, 1.54) is 56.9 Å². The molecule has 162 valence electrons. The Hall–Kier alpha value is -2.17. The first-order valence-electron chi connectivity index (χ1n) is 11.7. The van der Waals surface area contributed by atoms with Crippen LogP contribution in [0.4, 0.5) is 5.69 Å². The quantitative estimate of drug-likeness (QED) is 0.609. The molecule has 0 atom stereocenters. The summed E-state index contributed by atoms with van der Waals surface area (Å²) in [6.07, 6.45) is 12.5. The Morgan fingerprint density at radius 2 is 1.80 bits per heavy atom. The number of anilines is 1. The molecule has 2 saturated carbocycles. The van der Waals surface area contributed by atoms with E-state index in [-0.39, 0.29) is 5.91 Å². The monoisotopic (exact) mass is 408 g/mol. The van der Waals surface area contributed by atoms with E-state index in [0.29, 0.717) is 24.3 Å². The smallest absolute Gasteiger partial charge is 0.224 e. The Bertz CT molecular complexity index is 891. The summed E-state index contributed by atoms with van der Waals surface area (Å²) in [5, 5.41) is 12.1. The number of benzene rings is 1. The molecular formula is C25H36N4O. The molecule has 0 spiro atoms. The highest BCUT2D eigenvalue weighted by Crippen LogP contribution is 2.41. The highest BCUT2D eigenvalue weighted by atomic mass is 16.1. The van der Waals surface area contributed by atoms with Crippen LogP contribution < -0.4 is 5.32 Å². The summed E-state index contributed by atoms with van der Waals surface area (Å²) in [5.41, 5.74) is 3.67. The molecule has 1 aromatic carbocycles. The van der Waals surface area contributed by atoms with Crippen molar-refractivity contribution in [2.24, 2.45) is 5.41 Å². The van der Waals surface area contributed by atoms with E-state index in [1.807, 2.05) is 19.1 Å². The van der Waals surface area contributed by atoms with Crippen LogP contribution in [0.3, 0.4) is 0 Å². The number of carbonyl (C=O) groups is 1. The molecule has 4 rings (SSSR count). The molecule has 30 heavy (non-hydrogen) atoms. The molecule has 5 nitrogen and oxygen atoms in total. The lowest BCUT2D eigenvalue weighted by Crippen LogP contribution is -2.21. The standard InChI is InChI=1S/C25H36N4O/c1-18-7-10-21(19(2)17-18)26-24(30)12-11-22-27-28-23(29(22)20-8-9-20)13-16-25(3)14-5-4-6-15-25/h7,10,17,20H,4-6,8-9,11-16H2,1-3H3,(H,26,30). The molecule has 0 unspecified atom stereocenters. The zero-order chi connectivity index (χ0) is 21.1. The molecule has 1 heterocycles. The number of nitrogens with zero attached hydrogens (tertiary/aromatic N) is 3. The number of hydrogen-bond donors (Lipinski definition) is 1. The van der Waals surface area contributed by atoms with Crippen molar-refractivity contribution in [3.63, 3.8) is 0 Å². The molecular weight excluding hydrogens is 372 g/mol. The minimum Gasteiger partial charge on any atom is -0.326 e. The third-order valence-electron chi connectivity index (χ3n) is 6.99. The van der Waals surface area contributed by atoms with Gasteiger partial charge in [0, 0.05) is 31.0 Å². The van der Waals surface area contributed by atoms with E-state index in [0.717, 1.165) is 29.3 Å². The van der Waals surface area contributed by atoms with Crippen LogP contribution in [0.2, 0.25) is 0 Å². The first kappa shape index (κ1) is 21.1. The topological polar surface area (TPSA) is 59.8 Å². The van der Waals surface area contributed by atoms with Crippen LogP contribution in [0.5, 0.6) is 0 Å². The van der Waals surface area contributed by atoms with Crippen LogP contribution >= 0.6 is 0 Å². The van der Waals surface area contributed by atoms with E-state index >= 15 is 0 Å². The van der Waals surface area contributed by atoms with E-state index in [9.17, 15) is 4.79 Å². The highest BCUT2D eigenvalue weighted by Gasteiger charge is 2.31. The summed E-state index contributed by atoms with van der Waals surface area (Å²) >= 11 is 0. The normalized spacial score (nSPS) is 18.4. The van der Waals surface area contributed by atoms with E-state index in [2.05, 4.69) is 40.0 Å². The first-order chi connectivity index (χ1) is 14.4. The zero-order valence-electron chi connectivity index (χ0n) is 18.8. The number of aryl methyl sites for hydroxylation is 4. The van der Waals surface area contributed by atoms with Crippen molar-refractivity contribution in [1.82, 2.24) is 14.8 Å². The average molecular weight is 409 g/mol. The summed E-state index contributed by atoms with van der Waals surface area (Å²) in [6, 6.07) is 6.66. The lowest BCUT2D eigenvalue weighted by molar-refractivity contribution is -0.116. The van der Waals surface area contributed by atoms with Gasteiger partial charge in [-0.05, 0) is 63.0 Å². The number of hydrogen-bond acceptors (Lipinski definition) is 3. The second-order valence-electron chi connectivity index (χ2n) is 9.87. The fourth-order valence-corrected chi connectivity index (χ4v) is 4.92. The molecule has 2 aliphatic carbocycles. The van der Waals surface area contributed by atoms with Crippen LogP contribution in [0.25, 0.3) is 0 Å². The fourth-order valence-electron chi connectivity index (χ4n) is 4.92. The summed E-state index contributed by atoms with van der Waals surface area (Å²) < 4.78 is 2.36. The van der Waals surface area contributed by atoms with Gasteiger partial charge in [-0.3, -0.25) is 4.79 Å². The fraction of sp³-hybridized carbons (Fsp3) is 0.640. The second kappa shape index (κ2) is 8.91. The predicted octanol–water partition coefficient (Wildman–Crippen LogP) is 5.70. The first-order valence-corrected chi connectivity index (χ1v) is 11.7. The molecule has 1 aromatic heterocycles. The number of rotatable bonds is 8. The maximum Gasteiger partial charge on any atom is 0.224 e. The number of carbonyl (C=O) groups excluding carboxylic acids is 1. The average Bonchev–Trinajstić information content (AvgIpc) is 3.47. The Morgan fingerprint density at radius 1 is 1.10 bits per heavy atom. The molecule has 1 amide bonds. The van der Waals surface area contributed by atoms with Gasteiger partial charge >= 0.3 is 0 Å². The molecule has 0 radical (unpaired) electrons. The van der Waals surface area contributed by atoms with Gasteiger partial charge in [0.05, 0.1) is 0 Å². The minimum atomic E-state index is 0.0450. The molecule has 2 aliphatic rings. The Balaban J connectivity index is 1.36. The number of nitrogens with one attached hydrogen (secondary N) is 1. The van der Waals surface area contributed by atoms with Crippen LogP contribution in [-0.2, 0) is 17.6 Å². The lowest BCUT2D eigenvalue weighted by Gasteiger charge is -2.33. The van der Waals surface area contributed by atoms with Crippen molar-refractivity contribution in [2.75, 3.05) is 5.32 Å². The van der Waals surface area contributed by atoms with Gasteiger partial charge < -0.3 is 9.88 Å². The third-order valence-corrected chi connectivity index (χ3v) is 6.99. The highest BCUT2D eigenvalue weighted by molar-refractivity contribution is 5.91. The summed E-state index contributed by atoms with van der Waals surface area (Å²) in [5.74, 6) is 2.16. The van der Waals surface area contributed by atoms with E-state index < -0.39 is 0 Å². The van der Waals surface area contributed by atoms with Crippen LogP contribution in [-0.4, -0.2) is 20.7 Å². The van der Waals surface area contributed by atoms with Gasteiger partial charge in [-0.25, -0.2) is 0 Å². The van der Waals surface area contributed by atoms with Gasteiger partial charge in [0.2, 0.25) is 5.91 Å². The van der Waals surface area contributed by atoms with Crippen molar-refractivity contribution >= 4 is 11.6 Å². The van der Waals surface area contributed by atoms with Crippen molar-refractivity contribution in [1.29, 1.82) is 0 Å². The Morgan fingerprint density at radius 3 is 2.47 bits per heavy atom. The van der Waals surface area contributed by atoms with Gasteiger partial charge in [-0.2, -0.15) is 0 Å². The number of amides is 1. The van der Waals surface area contributed by atoms with Gasteiger partial charge in [0.15, 0.2) is 0 Å². The maximum atomic E-state index is 12.5. The van der Waals surface area contributed by atoms with Crippen molar-refractivity contribution in [3.05, 3.63) is 41.0 Å². The van der Waals surface area contributed by atoms with Crippen molar-refractivity contribution in [3.8, 4) is 0 Å². The maximum absolute atomic E-state index is 12.5. The zero-order valence-corrected chi connectivity index (χ0v) is 18.8. The molecule has 2 fully saturated rings.